The fourth-order valence-electron chi connectivity index (χ4n) is 4.93. The molecule has 0 bridgehead atoms. The Morgan fingerprint density at radius 1 is 1.14 bits per heavy atom. The van der Waals surface area contributed by atoms with Crippen molar-refractivity contribution in [3.63, 3.8) is 0 Å². The van der Waals surface area contributed by atoms with Crippen LogP contribution in [0.15, 0.2) is 42.6 Å². The number of carbonyl (C=O) groups excluding carboxylic acids is 2. The number of benzene rings is 1. The molecule has 0 unspecified atom stereocenters. The van der Waals surface area contributed by atoms with Crippen LogP contribution in [-0.2, 0) is 16.6 Å². The first kappa shape index (κ1) is 26.9. The van der Waals surface area contributed by atoms with Crippen molar-refractivity contribution >= 4 is 17.6 Å². The van der Waals surface area contributed by atoms with E-state index in [1.165, 1.54) is 12.1 Å². The Morgan fingerprint density at radius 3 is 2.38 bits per heavy atom. The number of anilines is 1. The van der Waals surface area contributed by atoms with Crippen LogP contribution in [0.1, 0.15) is 47.2 Å². The first-order valence-corrected chi connectivity index (χ1v) is 12.3. The van der Waals surface area contributed by atoms with Crippen LogP contribution in [-0.4, -0.2) is 72.6 Å². The molecule has 4 rings (SSSR count). The molecule has 1 saturated carbocycles. The standard InChI is InChI=1S/C26H32F3N5O3/c1-33(2)22-7-6-19(13-31-22)25(37)10-8-20(9-11-25)34(21-14-30-15-21)23(35)16-32-24(36)17-4-3-5-18(12-17)26(27,28)29/h3-7,12-13,20-21,30,37H,8-11,14-16H2,1-2H3,(H,32,36). The highest BCUT2D eigenvalue weighted by molar-refractivity contribution is 5.96. The molecular weight excluding hydrogens is 487 g/mol. The number of hydrogen-bond donors (Lipinski definition) is 3. The molecule has 37 heavy (non-hydrogen) atoms. The number of amides is 2. The predicted octanol–water partition coefficient (Wildman–Crippen LogP) is 2.53. The van der Waals surface area contributed by atoms with Gasteiger partial charge in [-0.25, -0.2) is 4.98 Å². The molecule has 1 aromatic heterocycles. The number of alkyl halides is 3. The number of aliphatic hydroxyl groups is 1. The van der Waals surface area contributed by atoms with Crippen LogP contribution in [0.4, 0.5) is 19.0 Å². The molecule has 2 heterocycles. The second-order valence-electron chi connectivity index (χ2n) is 9.94. The summed E-state index contributed by atoms with van der Waals surface area (Å²) in [5.41, 5.74) is -1.36. The molecule has 200 valence electrons. The minimum atomic E-state index is -4.56. The van der Waals surface area contributed by atoms with Crippen molar-refractivity contribution in [2.45, 2.75) is 49.5 Å². The van der Waals surface area contributed by atoms with Gasteiger partial charge in [-0.05, 0) is 49.9 Å². The van der Waals surface area contributed by atoms with E-state index in [2.05, 4.69) is 15.6 Å². The summed E-state index contributed by atoms with van der Waals surface area (Å²) in [5.74, 6) is -0.237. The second-order valence-corrected chi connectivity index (χ2v) is 9.94. The summed E-state index contributed by atoms with van der Waals surface area (Å²) in [6.07, 6.45) is -0.793. The van der Waals surface area contributed by atoms with Crippen molar-refractivity contribution in [2.75, 3.05) is 38.6 Å². The summed E-state index contributed by atoms with van der Waals surface area (Å²) in [7, 11) is 3.79. The molecular formula is C26H32F3N5O3. The Kier molecular flexibility index (Phi) is 7.75. The number of pyridine rings is 1. The van der Waals surface area contributed by atoms with Gasteiger partial charge >= 0.3 is 6.18 Å². The third-order valence-electron chi connectivity index (χ3n) is 7.21. The monoisotopic (exact) mass is 519 g/mol. The quantitative estimate of drug-likeness (QED) is 0.520. The van der Waals surface area contributed by atoms with Crippen LogP contribution in [0.2, 0.25) is 0 Å². The summed E-state index contributed by atoms with van der Waals surface area (Å²) in [5, 5.41) is 16.9. The zero-order valence-corrected chi connectivity index (χ0v) is 20.9. The van der Waals surface area contributed by atoms with Gasteiger partial charge in [0.25, 0.3) is 5.91 Å². The molecule has 2 aliphatic rings. The fourth-order valence-corrected chi connectivity index (χ4v) is 4.93. The summed E-state index contributed by atoms with van der Waals surface area (Å²) < 4.78 is 38.9. The number of nitrogens with zero attached hydrogens (tertiary/aromatic N) is 3. The van der Waals surface area contributed by atoms with Gasteiger partial charge in [0.15, 0.2) is 0 Å². The summed E-state index contributed by atoms with van der Waals surface area (Å²) in [4.78, 5) is 33.7. The first-order chi connectivity index (χ1) is 17.5. The Balaban J connectivity index is 1.38. The molecule has 11 heteroatoms. The molecule has 2 fully saturated rings. The van der Waals surface area contributed by atoms with Crippen molar-refractivity contribution in [3.8, 4) is 0 Å². The Morgan fingerprint density at radius 2 is 1.84 bits per heavy atom. The van der Waals surface area contributed by atoms with Crippen LogP contribution < -0.4 is 15.5 Å². The average Bonchev–Trinajstić information content (AvgIpc) is 2.84. The average molecular weight is 520 g/mol. The molecule has 1 aliphatic heterocycles. The molecule has 2 aromatic rings. The van der Waals surface area contributed by atoms with E-state index < -0.39 is 23.2 Å². The maximum atomic E-state index is 13.2. The molecule has 1 aliphatic carbocycles. The third-order valence-corrected chi connectivity index (χ3v) is 7.21. The van der Waals surface area contributed by atoms with Crippen molar-refractivity contribution in [1.29, 1.82) is 0 Å². The minimum Gasteiger partial charge on any atom is -0.385 e. The summed E-state index contributed by atoms with van der Waals surface area (Å²) >= 11 is 0. The number of carbonyl (C=O) groups is 2. The van der Waals surface area contributed by atoms with Gasteiger partial charge < -0.3 is 25.5 Å². The van der Waals surface area contributed by atoms with Crippen molar-refractivity contribution in [2.24, 2.45) is 0 Å². The minimum absolute atomic E-state index is 0.0322. The van der Waals surface area contributed by atoms with E-state index in [0.29, 0.717) is 38.8 Å². The van der Waals surface area contributed by atoms with Gasteiger partial charge in [0.2, 0.25) is 5.91 Å². The van der Waals surface area contributed by atoms with Crippen LogP contribution in [0.3, 0.4) is 0 Å². The highest BCUT2D eigenvalue weighted by Gasteiger charge is 2.41. The predicted molar refractivity (Wildman–Crippen MR) is 132 cm³/mol. The highest BCUT2D eigenvalue weighted by atomic mass is 19.4. The number of hydrogen-bond acceptors (Lipinski definition) is 6. The van der Waals surface area contributed by atoms with Crippen LogP contribution >= 0.6 is 0 Å². The van der Waals surface area contributed by atoms with Gasteiger partial charge in [-0.2, -0.15) is 13.2 Å². The van der Waals surface area contributed by atoms with Gasteiger partial charge in [0.1, 0.15) is 5.82 Å². The lowest BCUT2D eigenvalue weighted by molar-refractivity contribution is -0.139. The maximum Gasteiger partial charge on any atom is 0.416 e. The molecule has 1 aromatic carbocycles. The van der Waals surface area contributed by atoms with E-state index in [1.807, 2.05) is 31.1 Å². The Bertz CT molecular complexity index is 1110. The van der Waals surface area contributed by atoms with Crippen molar-refractivity contribution in [3.05, 3.63) is 59.3 Å². The number of nitrogens with one attached hydrogen (secondary N) is 2. The van der Waals surface area contributed by atoms with Gasteiger partial charge in [-0.15, -0.1) is 0 Å². The molecule has 1 saturated heterocycles. The van der Waals surface area contributed by atoms with Gasteiger partial charge in [0, 0.05) is 50.6 Å². The van der Waals surface area contributed by atoms with Gasteiger partial charge in [-0.3, -0.25) is 9.59 Å². The SMILES string of the molecule is CN(C)c1ccc(C2(O)CCC(N(C(=O)CNC(=O)c3cccc(C(F)(F)F)c3)C3CNC3)CC2)cn1. The van der Waals surface area contributed by atoms with Crippen molar-refractivity contribution < 1.29 is 27.9 Å². The highest BCUT2D eigenvalue weighted by Crippen LogP contribution is 2.39. The van der Waals surface area contributed by atoms with E-state index in [-0.39, 0.29) is 30.1 Å². The van der Waals surface area contributed by atoms with Crippen LogP contribution in [0.5, 0.6) is 0 Å². The topological polar surface area (TPSA) is 97.8 Å². The van der Waals surface area contributed by atoms with Gasteiger partial charge in [0.05, 0.1) is 23.8 Å². The second kappa shape index (κ2) is 10.7. The van der Waals surface area contributed by atoms with Gasteiger partial charge in [-0.1, -0.05) is 12.1 Å². The normalized spacial score (nSPS) is 22.2. The van der Waals surface area contributed by atoms with E-state index in [0.717, 1.165) is 23.5 Å². The largest absolute Gasteiger partial charge is 0.416 e. The Labute approximate surface area is 213 Å². The van der Waals surface area contributed by atoms with Crippen LogP contribution in [0.25, 0.3) is 0 Å². The molecule has 0 atom stereocenters. The zero-order valence-electron chi connectivity index (χ0n) is 20.9. The first-order valence-electron chi connectivity index (χ1n) is 12.3. The lowest BCUT2D eigenvalue weighted by Crippen LogP contribution is -2.63. The number of aromatic nitrogens is 1. The molecule has 0 radical (unpaired) electrons. The molecule has 8 nitrogen and oxygen atoms in total. The number of rotatable bonds is 7. The van der Waals surface area contributed by atoms with E-state index in [4.69, 9.17) is 0 Å². The van der Waals surface area contributed by atoms with Crippen molar-refractivity contribution in [1.82, 2.24) is 20.5 Å². The lowest BCUT2D eigenvalue weighted by Gasteiger charge is -2.47. The molecule has 3 N–H and O–H groups in total. The number of halogens is 3. The summed E-state index contributed by atoms with van der Waals surface area (Å²) in [6, 6.07) is 7.71. The third kappa shape index (κ3) is 6.04. The molecule has 2 amide bonds. The van der Waals surface area contributed by atoms with Crippen LogP contribution in [0, 0.1) is 0 Å². The fraction of sp³-hybridized carbons (Fsp3) is 0.500. The van der Waals surface area contributed by atoms with E-state index in [9.17, 15) is 27.9 Å². The summed E-state index contributed by atoms with van der Waals surface area (Å²) in [6.45, 7) is 0.941. The zero-order chi connectivity index (χ0) is 26.8. The van der Waals surface area contributed by atoms with E-state index in [1.54, 1.807) is 11.1 Å². The maximum absolute atomic E-state index is 13.2. The Hall–Kier alpha value is -3.18. The smallest absolute Gasteiger partial charge is 0.385 e. The molecule has 0 spiro atoms. The van der Waals surface area contributed by atoms with E-state index >= 15 is 0 Å². The lowest BCUT2D eigenvalue weighted by atomic mass is 9.77.